The Balaban J connectivity index is 5.20. The first-order valence-corrected chi connectivity index (χ1v) is 39.0. The molecular weight excluding hydrogens is 1160 g/mol. The highest BCUT2D eigenvalue weighted by molar-refractivity contribution is 7.47. The third-order valence-corrected chi connectivity index (χ3v) is 17.9. The van der Waals surface area contributed by atoms with Crippen LogP contribution in [0.1, 0.15) is 350 Å². The fourth-order valence-corrected chi connectivity index (χ4v) is 12.0. The minimum absolute atomic E-state index is 0.102. The molecule has 5 atom stereocenters. The minimum Gasteiger partial charge on any atom is -0.462 e. The monoisotopic (exact) mass is 1300 g/mol. The molecule has 0 aromatic rings. The summed E-state index contributed by atoms with van der Waals surface area (Å²) >= 11 is 0. The van der Waals surface area contributed by atoms with E-state index in [1.165, 1.54) is 161 Å². The van der Waals surface area contributed by atoms with Gasteiger partial charge >= 0.3 is 39.5 Å². The first kappa shape index (κ1) is 86.1. The van der Waals surface area contributed by atoms with Crippen LogP contribution in [0.5, 0.6) is 0 Å². The van der Waals surface area contributed by atoms with Crippen LogP contribution in [0.3, 0.4) is 0 Å². The summed E-state index contributed by atoms with van der Waals surface area (Å²) in [5.74, 6) is -0.667. The van der Waals surface area contributed by atoms with Gasteiger partial charge in [-0.1, -0.05) is 298 Å². The van der Waals surface area contributed by atoms with Crippen LogP contribution >= 0.6 is 15.6 Å². The summed E-state index contributed by atoms with van der Waals surface area (Å²) in [7, 11) is -9.89. The van der Waals surface area contributed by atoms with E-state index in [0.29, 0.717) is 31.6 Å². The Kier molecular flexibility index (Phi) is 59.9. The molecule has 0 aliphatic rings. The first-order chi connectivity index (χ1) is 42.4. The average molecular weight is 1300 g/mol. The molecule has 0 saturated heterocycles. The van der Waals surface area contributed by atoms with Crippen molar-refractivity contribution in [2.45, 2.75) is 368 Å². The van der Waals surface area contributed by atoms with E-state index in [0.717, 1.165) is 102 Å². The van der Waals surface area contributed by atoms with E-state index in [-0.39, 0.29) is 25.7 Å². The molecule has 0 bridgehead atoms. The van der Waals surface area contributed by atoms with Crippen LogP contribution in [0.25, 0.3) is 0 Å². The van der Waals surface area contributed by atoms with Crippen molar-refractivity contribution in [3.63, 3.8) is 0 Å². The molecule has 2 unspecified atom stereocenters. The van der Waals surface area contributed by atoms with E-state index in [1.807, 2.05) is 0 Å². The fourth-order valence-electron chi connectivity index (χ4n) is 10.4. The lowest BCUT2D eigenvalue weighted by atomic mass is 10.0. The maximum Gasteiger partial charge on any atom is 0.472 e. The third-order valence-electron chi connectivity index (χ3n) is 16.0. The van der Waals surface area contributed by atoms with Gasteiger partial charge in [0.2, 0.25) is 0 Å². The molecule has 0 radical (unpaired) electrons. The molecule has 3 N–H and O–H groups in total. The number of phosphoric acid groups is 2. The van der Waals surface area contributed by atoms with Gasteiger partial charge in [0.1, 0.15) is 19.3 Å². The number of aliphatic hydroxyl groups is 1. The lowest BCUT2D eigenvalue weighted by molar-refractivity contribution is -0.161. The highest BCUT2D eigenvalue weighted by Gasteiger charge is 2.30. The van der Waals surface area contributed by atoms with Crippen molar-refractivity contribution in [1.82, 2.24) is 0 Å². The number of unbranched alkanes of at least 4 members (excludes halogenated alkanes) is 38. The molecule has 0 aliphatic carbocycles. The first-order valence-electron chi connectivity index (χ1n) is 36.0. The van der Waals surface area contributed by atoms with Crippen molar-refractivity contribution >= 4 is 39.5 Å². The molecule has 19 heteroatoms. The number of carbonyl (C=O) groups excluding carboxylic acids is 4. The summed E-state index contributed by atoms with van der Waals surface area (Å²) in [6.45, 7) is 9.45. The largest absolute Gasteiger partial charge is 0.472 e. The number of ether oxygens (including phenoxy) is 4. The minimum atomic E-state index is -4.95. The summed E-state index contributed by atoms with van der Waals surface area (Å²) in [5.41, 5.74) is 0. The van der Waals surface area contributed by atoms with E-state index in [9.17, 15) is 43.2 Å². The van der Waals surface area contributed by atoms with Crippen LogP contribution in [-0.4, -0.2) is 96.7 Å². The van der Waals surface area contributed by atoms with Gasteiger partial charge in [0, 0.05) is 25.7 Å². The lowest BCUT2D eigenvalue weighted by Gasteiger charge is -2.21. The normalized spacial score (nSPS) is 14.2. The quantitative estimate of drug-likeness (QED) is 0.0222. The van der Waals surface area contributed by atoms with Crippen molar-refractivity contribution in [1.29, 1.82) is 0 Å². The molecular formula is C69H134O17P2. The van der Waals surface area contributed by atoms with Gasteiger partial charge in [0.05, 0.1) is 26.4 Å². The number of phosphoric ester groups is 2. The smallest absolute Gasteiger partial charge is 0.462 e. The molecule has 522 valence electrons. The van der Waals surface area contributed by atoms with E-state index in [4.69, 9.17) is 37.0 Å². The topological polar surface area (TPSA) is 237 Å². The Bertz CT molecular complexity index is 1720. The Morgan fingerprint density at radius 2 is 0.523 bits per heavy atom. The fraction of sp³-hybridized carbons (Fsp3) is 0.942. The highest BCUT2D eigenvalue weighted by atomic mass is 31.2. The second-order valence-corrected chi connectivity index (χ2v) is 28.8. The molecule has 0 rings (SSSR count). The van der Waals surface area contributed by atoms with Crippen LogP contribution in [0, 0.1) is 11.8 Å². The second-order valence-electron chi connectivity index (χ2n) is 25.9. The number of hydrogen-bond donors (Lipinski definition) is 3. The van der Waals surface area contributed by atoms with Crippen LogP contribution in [-0.2, 0) is 65.4 Å². The van der Waals surface area contributed by atoms with Gasteiger partial charge in [0.15, 0.2) is 12.2 Å². The van der Waals surface area contributed by atoms with Crippen LogP contribution in [0.15, 0.2) is 0 Å². The molecule has 0 saturated carbocycles. The van der Waals surface area contributed by atoms with Crippen molar-refractivity contribution in [2.24, 2.45) is 11.8 Å². The standard InChI is InChI=1S/C69H134O17P2/c1-7-9-11-13-15-17-18-19-23-26-29-33-40-46-52-67(72)80-57-64(85-68(73)53-47-41-34-30-27-24-21-20-22-25-28-31-37-43-49-61(3)4)59-83-87(75,76)81-55-63(70)56-82-88(77,78)84-60-65(58-79-66(71)51-45-39-32-16-14-12-10-8-2)86-69(74)54-48-42-36-35-38-44-50-62(5)6/h61-65,70H,7-60H2,1-6H3,(H,75,76)(H,77,78)/t63-,64-,65-/m1/s1. The maximum atomic E-state index is 13.0. The van der Waals surface area contributed by atoms with Gasteiger partial charge in [-0.3, -0.25) is 37.3 Å². The molecule has 0 fully saturated rings. The molecule has 0 heterocycles. The summed E-state index contributed by atoms with van der Waals surface area (Å²) in [6.07, 6.45) is 46.0. The van der Waals surface area contributed by atoms with Gasteiger partial charge in [-0.2, -0.15) is 0 Å². The molecule has 0 aliphatic heterocycles. The third kappa shape index (κ3) is 62.8. The Labute approximate surface area is 537 Å². The molecule has 17 nitrogen and oxygen atoms in total. The van der Waals surface area contributed by atoms with E-state index in [2.05, 4.69) is 41.5 Å². The van der Waals surface area contributed by atoms with Crippen LogP contribution in [0.4, 0.5) is 0 Å². The second kappa shape index (κ2) is 61.3. The maximum absolute atomic E-state index is 13.0. The van der Waals surface area contributed by atoms with Crippen molar-refractivity contribution in [3.8, 4) is 0 Å². The molecule has 0 amide bonds. The number of aliphatic hydroxyl groups excluding tert-OH is 1. The average Bonchev–Trinajstić information content (AvgIpc) is 3.62. The van der Waals surface area contributed by atoms with E-state index < -0.39 is 97.5 Å². The zero-order chi connectivity index (χ0) is 65.0. The van der Waals surface area contributed by atoms with Crippen molar-refractivity contribution in [2.75, 3.05) is 39.6 Å². The predicted molar refractivity (Wildman–Crippen MR) is 354 cm³/mol. The van der Waals surface area contributed by atoms with Crippen LogP contribution in [0.2, 0.25) is 0 Å². The zero-order valence-corrected chi connectivity index (χ0v) is 58.8. The summed E-state index contributed by atoms with van der Waals surface area (Å²) in [4.78, 5) is 72.3. The van der Waals surface area contributed by atoms with Crippen LogP contribution < -0.4 is 0 Å². The Hall–Kier alpha value is -1.94. The zero-order valence-electron chi connectivity index (χ0n) is 57.0. The summed E-state index contributed by atoms with van der Waals surface area (Å²) in [5, 5.41) is 10.6. The van der Waals surface area contributed by atoms with Crippen molar-refractivity contribution in [3.05, 3.63) is 0 Å². The summed E-state index contributed by atoms with van der Waals surface area (Å²) in [6, 6.07) is 0. The number of hydrogen-bond acceptors (Lipinski definition) is 15. The van der Waals surface area contributed by atoms with Gasteiger partial charge in [0.25, 0.3) is 0 Å². The van der Waals surface area contributed by atoms with Gasteiger partial charge in [-0.15, -0.1) is 0 Å². The number of esters is 4. The number of rotatable bonds is 68. The predicted octanol–water partition coefficient (Wildman–Crippen LogP) is 19.6. The van der Waals surface area contributed by atoms with Crippen molar-refractivity contribution < 1.29 is 80.2 Å². The molecule has 0 aromatic carbocycles. The highest BCUT2D eigenvalue weighted by Crippen LogP contribution is 2.45. The lowest BCUT2D eigenvalue weighted by Crippen LogP contribution is -2.30. The molecule has 0 aromatic heterocycles. The van der Waals surface area contributed by atoms with E-state index >= 15 is 0 Å². The van der Waals surface area contributed by atoms with Gasteiger partial charge in [-0.25, -0.2) is 9.13 Å². The number of carbonyl (C=O) groups is 4. The molecule has 0 spiro atoms. The Morgan fingerprint density at radius 3 is 0.773 bits per heavy atom. The van der Waals surface area contributed by atoms with Gasteiger partial charge in [-0.05, 0) is 37.5 Å². The Morgan fingerprint density at radius 1 is 0.307 bits per heavy atom. The van der Waals surface area contributed by atoms with E-state index in [1.54, 1.807) is 0 Å². The molecule has 88 heavy (non-hydrogen) atoms. The van der Waals surface area contributed by atoms with Gasteiger partial charge < -0.3 is 33.8 Å². The summed E-state index contributed by atoms with van der Waals surface area (Å²) < 4.78 is 68.1. The SMILES string of the molecule is CCCCCCCCCCCCCCCCC(=O)OC[C@H](COP(=O)(O)OC[C@@H](O)COP(=O)(O)OC[C@@H](COC(=O)CCCCCCCCCC)OC(=O)CCCCCCCCC(C)C)OC(=O)CCCCCCCCCCCCCCCCC(C)C.